The Kier molecular flexibility index (Phi) is 5.29. The van der Waals surface area contributed by atoms with Gasteiger partial charge in [0.1, 0.15) is 0 Å². The van der Waals surface area contributed by atoms with Crippen molar-refractivity contribution in [3.05, 3.63) is 59.7 Å². The molecule has 110 valence electrons. The minimum atomic E-state index is -0.218. The Balaban J connectivity index is 2.02. The van der Waals surface area contributed by atoms with Crippen LogP contribution in [0.4, 0.5) is 0 Å². The summed E-state index contributed by atoms with van der Waals surface area (Å²) in [6, 6.07) is 16.2. The fourth-order valence-corrected chi connectivity index (χ4v) is 2.36. The number of hydrogen-bond acceptors (Lipinski definition) is 2. The van der Waals surface area contributed by atoms with Crippen LogP contribution in [0, 0.1) is 0 Å². The topological polar surface area (TPSA) is 37.3 Å². The number of aliphatic hydroxyl groups excluding tert-OH is 1. The maximum Gasteiger partial charge on any atom is 0.159 e. The molecule has 21 heavy (non-hydrogen) atoms. The predicted octanol–water partition coefficient (Wildman–Crippen LogP) is 4.26. The number of ketones is 1. The fourth-order valence-electron chi connectivity index (χ4n) is 2.36. The molecule has 1 atom stereocenters. The molecular weight excluding hydrogens is 260 g/mol. The van der Waals surface area contributed by atoms with E-state index in [1.807, 2.05) is 31.2 Å². The predicted molar refractivity (Wildman–Crippen MR) is 86.5 cm³/mol. The minimum absolute atomic E-state index is 0.0926. The molecule has 0 aromatic heterocycles. The molecule has 0 aliphatic rings. The first-order valence-corrected chi connectivity index (χ1v) is 7.44. The van der Waals surface area contributed by atoms with Crippen molar-refractivity contribution in [2.24, 2.45) is 0 Å². The third kappa shape index (κ3) is 4.54. The molecule has 2 rings (SSSR count). The van der Waals surface area contributed by atoms with Crippen molar-refractivity contribution in [2.45, 2.75) is 39.2 Å². The average molecular weight is 282 g/mol. The molecule has 1 unspecified atom stereocenters. The van der Waals surface area contributed by atoms with Crippen LogP contribution in [-0.2, 0) is 6.42 Å². The summed E-state index contributed by atoms with van der Waals surface area (Å²) in [7, 11) is 0. The Hall–Kier alpha value is -1.93. The van der Waals surface area contributed by atoms with Gasteiger partial charge in [-0.3, -0.25) is 4.79 Å². The second kappa shape index (κ2) is 7.19. The van der Waals surface area contributed by atoms with Gasteiger partial charge in [0.05, 0.1) is 6.10 Å². The third-order valence-electron chi connectivity index (χ3n) is 3.67. The second-order valence-electron chi connectivity index (χ2n) is 5.57. The number of aryl methyl sites for hydroxylation is 1. The quantitative estimate of drug-likeness (QED) is 0.804. The molecule has 0 amide bonds. The van der Waals surface area contributed by atoms with E-state index in [9.17, 15) is 9.90 Å². The number of Topliss-reactive ketones (excluding diaryl/α,β-unsaturated/α-hetero) is 1. The van der Waals surface area contributed by atoms with Crippen molar-refractivity contribution in [3.63, 3.8) is 0 Å². The molecule has 0 fully saturated rings. The van der Waals surface area contributed by atoms with Crippen molar-refractivity contribution in [1.29, 1.82) is 0 Å². The van der Waals surface area contributed by atoms with E-state index in [0.717, 1.165) is 36.0 Å². The van der Waals surface area contributed by atoms with Gasteiger partial charge in [0, 0.05) is 5.56 Å². The Bertz CT molecular complexity index is 580. The molecule has 2 nitrogen and oxygen atoms in total. The van der Waals surface area contributed by atoms with Crippen LogP contribution in [0.1, 0.15) is 42.6 Å². The molecule has 1 N–H and O–H groups in total. The van der Waals surface area contributed by atoms with Crippen LogP contribution in [0.15, 0.2) is 48.5 Å². The molecule has 0 bridgehead atoms. The molecule has 0 saturated carbocycles. The number of carbonyl (C=O) groups is 1. The summed E-state index contributed by atoms with van der Waals surface area (Å²) in [6.07, 6.45) is 2.62. The Morgan fingerprint density at radius 2 is 1.52 bits per heavy atom. The van der Waals surface area contributed by atoms with Crippen LogP contribution < -0.4 is 0 Å². The number of benzene rings is 2. The van der Waals surface area contributed by atoms with Crippen LogP contribution in [-0.4, -0.2) is 17.0 Å². The summed E-state index contributed by atoms with van der Waals surface area (Å²) < 4.78 is 0. The molecule has 0 spiro atoms. The maximum absolute atomic E-state index is 11.3. The smallest absolute Gasteiger partial charge is 0.159 e. The number of hydrogen-bond donors (Lipinski definition) is 1. The second-order valence-corrected chi connectivity index (χ2v) is 5.57. The van der Waals surface area contributed by atoms with Gasteiger partial charge in [-0.15, -0.1) is 0 Å². The van der Waals surface area contributed by atoms with Gasteiger partial charge in [-0.1, -0.05) is 48.5 Å². The van der Waals surface area contributed by atoms with E-state index in [2.05, 4.69) is 24.3 Å². The normalized spacial score (nSPS) is 12.1. The lowest BCUT2D eigenvalue weighted by atomic mass is 10.00. The van der Waals surface area contributed by atoms with Crippen LogP contribution in [0.25, 0.3) is 11.1 Å². The van der Waals surface area contributed by atoms with Gasteiger partial charge < -0.3 is 5.11 Å². The first-order valence-electron chi connectivity index (χ1n) is 7.44. The van der Waals surface area contributed by atoms with E-state index in [-0.39, 0.29) is 11.9 Å². The van der Waals surface area contributed by atoms with E-state index < -0.39 is 0 Å². The maximum atomic E-state index is 11.3. The van der Waals surface area contributed by atoms with Gasteiger partial charge in [0.2, 0.25) is 0 Å². The summed E-state index contributed by atoms with van der Waals surface area (Å²) in [5, 5.41) is 9.26. The van der Waals surface area contributed by atoms with Gasteiger partial charge in [-0.25, -0.2) is 0 Å². The summed E-state index contributed by atoms with van der Waals surface area (Å²) >= 11 is 0. The molecule has 2 aromatic carbocycles. The number of aliphatic hydroxyl groups is 1. The molecule has 0 saturated heterocycles. The third-order valence-corrected chi connectivity index (χ3v) is 3.67. The van der Waals surface area contributed by atoms with Gasteiger partial charge >= 0.3 is 0 Å². The number of carbonyl (C=O) groups excluding carboxylic acids is 1. The number of rotatable bonds is 6. The van der Waals surface area contributed by atoms with E-state index in [1.165, 1.54) is 5.56 Å². The highest BCUT2D eigenvalue weighted by atomic mass is 16.3. The standard InChI is InChI=1S/C19H22O2/c1-14(20)4-3-5-16-6-8-18(9-7-16)19-12-10-17(11-13-19)15(2)21/h6-14,20H,3-5H2,1-2H3. The lowest BCUT2D eigenvalue weighted by Gasteiger charge is -2.06. The van der Waals surface area contributed by atoms with Crippen molar-refractivity contribution in [1.82, 2.24) is 0 Å². The Morgan fingerprint density at radius 1 is 1.00 bits per heavy atom. The van der Waals surface area contributed by atoms with Crippen molar-refractivity contribution >= 4 is 5.78 Å². The van der Waals surface area contributed by atoms with Crippen LogP contribution >= 0.6 is 0 Å². The lowest BCUT2D eigenvalue weighted by Crippen LogP contribution is -1.99. The molecule has 0 aliphatic carbocycles. The van der Waals surface area contributed by atoms with Gasteiger partial charge in [0.25, 0.3) is 0 Å². The van der Waals surface area contributed by atoms with Crippen molar-refractivity contribution in [2.75, 3.05) is 0 Å². The van der Waals surface area contributed by atoms with Crippen LogP contribution in [0.5, 0.6) is 0 Å². The summed E-state index contributed by atoms with van der Waals surface area (Å²) in [6.45, 7) is 3.41. The Labute approximate surface area is 126 Å². The monoisotopic (exact) mass is 282 g/mol. The van der Waals surface area contributed by atoms with E-state index in [0.29, 0.717) is 0 Å². The first-order chi connectivity index (χ1) is 10.1. The zero-order chi connectivity index (χ0) is 15.2. The van der Waals surface area contributed by atoms with Gasteiger partial charge in [-0.05, 0) is 49.8 Å². The fraction of sp³-hybridized carbons (Fsp3) is 0.316. The van der Waals surface area contributed by atoms with E-state index in [4.69, 9.17) is 0 Å². The highest BCUT2D eigenvalue weighted by molar-refractivity contribution is 5.94. The van der Waals surface area contributed by atoms with Crippen LogP contribution in [0.3, 0.4) is 0 Å². The van der Waals surface area contributed by atoms with Crippen molar-refractivity contribution < 1.29 is 9.90 Å². The zero-order valence-corrected chi connectivity index (χ0v) is 12.7. The van der Waals surface area contributed by atoms with Crippen LogP contribution in [0.2, 0.25) is 0 Å². The molecule has 2 aromatic rings. The van der Waals surface area contributed by atoms with Gasteiger partial charge in [0.15, 0.2) is 5.78 Å². The highest BCUT2D eigenvalue weighted by Crippen LogP contribution is 2.21. The lowest BCUT2D eigenvalue weighted by molar-refractivity contribution is 0.101. The molecule has 0 heterocycles. The molecule has 0 aliphatic heterocycles. The van der Waals surface area contributed by atoms with Crippen molar-refractivity contribution in [3.8, 4) is 11.1 Å². The minimum Gasteiger partial charge on any atom is -0.393 e. The summed E-state index contributed by atoms with van der Waals surface area (Å²) in [5.74, 6) is 0.0926. The zero-order valence-electron chi connectivity index (χ0n) is 12.7. The average Bonchev–Trinajstić information content (AvgIpc) is 2.48. The largest absolute Gasteiger partial charge is 0.393 e. The SMILES string of the molecule is CC(=O)c1ccc(-c2ccc(CCCC(C)O)cc2)cc1. The van der Waals surface area contributed by atoms with E-state index >= 15 is 0 Å². The summed E-state index contributed by atoms with van der Waals surface area (Å²) in [5.41, 5.74) is 4.31. The molecule has 2 heteroatoms. The highest BCUT2D eigenvalue weighted by Gasteiger charge is 2.02. The van der Waals surface area contributed by atoms with Gasteiger partial charge in [-0.2, -0.15) is 0 Å². The first kappa shape index (κ1) is 15.5. The molecule has 0 radical (unpaired) electrons. The van der Waals surface area contributed by atoms with E-state index in [1.54, 1.807) is 6.92 Å². The Morgan fingerprint density at radius 3 is 2.00 bits per heavy atom. The molecular formula is C19H22O2. The summed E-state index contributed by atoms with van der Waals surface area (Å²) in [4.78, 5) is 11.3.